The SMILES string of the molecule is O=C(Nc1cc(Br)cc(C(F)(F)F)c1)OCc1ccccc1. The lowest BCUT2D eigenvalue weighted by atomic mass is 10.2. The molecule has 0 spiro atoms. The highest BCUT2D eigenvalue weighted by molar-refractivity contribution is 9.10. The number of hydrogen-bond acceptors (Lipinski definition) is 2. The van der Waals surface area contributed by atoms with Crippen LogP contribution in [0.5, 0.6) is 0 Å². The lowest BCUT2D eigenvalue weighted by Crippen LogP contribution is -2.14. The lowest BCUT2D eigenvalue weighted by molar-refractivity contribution is -0.137. The Kier molecular flexibility index (Phi) is 5.07. The molecule has 0 radical (unpaired) electrons. The average Bonchev–Trinajstić information content (AvgIpc) is 2.45. The Morgan fingerprint density at radius 3 is 2.45 bits per heavy atom. The van der Waals surface area contributed by atoms with E-state index in [4.69, 9.17) is 4.74 Å². The zero-order valence-electron chi connectivity index (χ0n) is 11.2. The van der Waals surface area contributed by atoms with Crippen LogP contribution in [-0.2, 0) is 17.5 Å². The lowest BCUT2D eigenvalue weighted by Gasteiger charge is -2.11. The fourth-order valence-corrected chi connectivity index (χ4v) is 2.20. The van der Waals surface area contributed by atoms with Crippen molar-refractivity contribution in [1.82, 2.24) is 0 Å². The van der Waals surface area contributed by atoms with Crippen molar-refractivity contribution in [2.24, 2.45) is 0 Å². The molecule has 1 amide bonds. The zero-order valence-corrected chi connectivity index (χ0v) is 12.7. The fraction of sp³-hybridized carbons (Fsp3) is 0.133. The number of nitrogens with one attached hydrogen (secondary N) is 1. The van der Waals surface area contributed by atoms with E-state index in [1.54, 1.807) is 24.3 Å². The van der Waals surface area contributed by atoms with E-state index < -0.39 is 17.8 Å². The van der Waals surface area contributed by atoms with Crippen LogP contribution in [0.25, 0.3) is 0 Å². The van der Waals surface area contributed by atoms with E-state index in [2.05, 4.69) is 21.2 Å². The van der Waals surface area contributed by atoms with Crippen LogP contribution < -0.4 is 5.32 Å². The maximum absolute atomic E-state index is 12.7. The highest BCUT2D eigenvalue weighted by Gasteiger charge is 2.31. The van der Waals surface area contributed by atoms with E-state index >= 15 is 0 Å². The third kappa shape index (κ3) is 4.77. The summed E-state index contributed by atoms with van der Waals surface area (Å²) < 4.78 is 43.2. The minimum absolute atomic E-state index is 0.000221. The Balaban J connectivity index is 2.01. The van der Waals surface area contributed by atoms with Gasteiger partial charge in [0.1, 0.15) is 6.61 Å². The molecule has 0 unspecified atom stereocenters. The number of halogens is 4. The second-order valence-corrected chi connectivity index (χ2v) is 5.33. The first kappa shape index (κ1) is 16.4. The number of amides is 1. The first-order valence-electron chi connectivity index (χ1n) is 6.20. The summed E-state index contributed by atoms with van der Waals surface area (Å²) >= 11 is 2.98. The summed E-state index contributed by atoms with van der Waals surface area (Å²) in [5.74, 6) is 0. The minimum Gasteiger partial charge on any atom is -0.444 e. The monoisotopic (exact) mass is 373 g/mol. The molecule has 0 aromatic heterocycles. The van der Waals surface area contributed by atoms with Crippen LogP contribution in [0.4, 0.5) is 23.7 Å². The molecule has 116 valence electrons. The Morgan fingerprint density at radius 1 is 1.14 bits per heavy atom. The van der Waals surface area contributed by atoms with Crippen molar-refractivity contribution in [1.29, 1.82) is 0 Å². The summed E-state index contributed by atoms with van der Waals surface area (Å²) in [7, 11) is 0. The fourth-order valence-electron chi connectivity index (χ4n) is 1.70. The van der Waals surface area contributed by atoms with Gasteiger partial charge in [0.25, 0.3) is 0 Å². The molecular formula is C15H11BrF3NO2. The van der Waals surface area contributed by atoms with Gasteiger partial charge in [-0.25, -0.2) is 4.79 Å². The van der Waals surface area contributed by atoms with Gasteiger partial charge in [-0.05, 0) is 23.8 Å². The smallest absolute Gasteiger partial charge is 0.416 e. The molecule has 22 heavy (non-hydrogen) atoms. The summed E-state index contributed by atoms with van der Waals surface area (Å²) in [6.07, 6.45) is -5.32. The molecular weight excluding hydrogens is 363 g/mol. The van der Waals surface area contributed by atoms with Gasteiger partial charge in [-0.15, -0.1) is 0 Å². The van der Waals surface area contributed by atoms with E-state index in [0.717, 1.165) is 17.7 Å². The van der Waals surface area contributed by atoms with Crippen molar-refractivity contribution in [3.8, 4) is 0 Å². The molecule has 7 heteroatoms. The van der Waals surface area contributed by atoms with Crippen molar-refractivity contribution in [3.05, 3.63) is 64.1 Å². The van der Waals surface area contributed by atoms with Gasteiger partial charge in [-0.3, -0.25) is 5.32 Å². The van der Waals surface area contributed by atoms with E-state index in [1.165, 1.54) is 6.07 Å². The zero-order chi connectivity index (χ0) is 16.2. The molecule has 0 aliphatic rings. The van der Waals surface area contributed by atoms with Gasteiger partial charge in [0.2, 0.25) is 0 Å². The van der Waals surface area contributed by atoms with E-state index in [1.807, 2.05) is 6.07 Å². The third-order valence-electron chi connectivity index (χ3n) is 2.68. The van der Waals surface area contributed by atoms with E-state index in [-0.39, 0.29) is 16.8 Å². The van der Waals surface area contributed by atoms with Crippen LogP contribution >= 0.6 is 15.9 Å². The first-order valence-corrected chi connectivity index (χ1v) is 6.99. The number of carbonyl (C=O) groups is 1. The molecule has 0 saturated heterocycles. The summed E-state index contributed by atoms with van der Waals surface area (Å²) in [5, 5.41) is 2.27. The Labute approximate surface area is 133 Å². The summed E-state index contributed by atoms with van der Waals surface area (Å²) in [5.41, 5.74) is -0.0807. The highest BCUT2D eigenvalue weighted by atomic mass is 79.9. The molecule has 3 nitrogen and oxygen atoms in total. The topological polar surface area (TPSA) is 38.3 Å². The number of ether oxygens (including phenoxy) is 1. The van der Waals surface area contributed by atoms with Crippen LogP contribution in [0.2, 0.25) is 0 Å². The number of benzene rings is 2. The number of alkyl halides is 3. The molecule has 2 aromatic carbocycles. The maximum Gasteiger partial charge on any atom is 0.416 e. The van der Waals surface area contributed by atoms with E-state index in [0.29, 0.717) is 0 Å². The van der Waals surface area contributed by atoms with Gasteiger partial charge in [0.05, 0.1) is 5.56 Å². The summed E-state index contributed by atoms with van der Waals surface area (Å²) in [4.78, 5) is 11.6. The van der Waals surface area contributed by atoms with Crippen LogP contribution in [0, 0.1) is 0 Å². The Hall–Kier alpha value is -2.02. The third-order valence-corrected chi connectivity index (χ3v) is 3.14. The standard InChI is InChI=1S/C15H11BrF3NO2/c16-12-6-11(15(17,18)19)7-13(8-12)20-14(21)22-9-10-4-2-1-3-5-10/h1-8H,9H2,(H,20,21). The van der Waals surface area contributed by atoms with Crippen LogP contribution in [0.15, 0.2) is 53.0 Å². The highest BCUT2D eigenvalue weighted by Crippen LogP contribution is 2.33. The number of anilines is 1. The van der Waals surface area contributed by atoms with Gasteiger partial charge in [-0.1, -0.05) is 46.3 Å². The molecule has 1 N–H and O–H groups in total. The second-order valence-electron chi connectivity index (χ2n) is 4.41. The van der Waals surface area contributed by atoms with Crippen molar-refractivity contribution in [3.63, 3.8) is 0 Å². The quantitative estimate of drug-likeness (QED) is 0.801. The summed E-state index contributed by atoms with van der Waals surface area (Å²) in [6, 6.07) is 12.1. The molecule has 2 aromatic rings. The van der Waals surface area contributed by atoms with Gasteiger partial charge in [0, 0.05) is 10.2 Å². The van der Waals surface area contributed by atoms with Gasteiger partial charge in [-0.2, -0.15) is 13.2 Å². The molecule has 0 bridgehead atoms. The predicted octanol–water partition coefficient (Wildman–Crippen LogP) is 5.22. The van der Waals surface area contributed by atoms with Crippen LogP contribution in [0.1, 0.15) is 11.1 Å². The molecule has 0 aliphatic carbocycles. The Bertz CT molecular complexity index is 660. The maximum atomic E-state index is 12.7. The van der Waals surface area contributed by atoms with Crippen LogP contribution in [0.3, 0.4) is 0 Å². The number of rotatable bonds is 3. The van der Waals surface area contributed by atoms with Crippen molar-refractivity contribution in [2.45, 2.75) is 12.8 Å². The molecule has 0 heterocycles. The van der Waals surface area contributed by atoms with Crippen LogP contribution in [-0.4, -0.2) is 6.09 Å². The van der Waals surface area contributed by atoms with Crippen molar-refractivity contribution >= 4 is 27.7 Å². The molecule has 0 fully saturated rings. The van der Waals surface area contributed by atoms with E-state index in [9.17, 15) is 18.0 Å². The average molecular weight is 374 g/mol. The molecule has 0 atom stereocenters. The second kappa shape index (κ2) is 6.83. The Morgan fingerprint density at radius 2 is 1.82 bits per heavy atom. The molecule has 0 aliphatic heterocycles. The summed E-state index contributed by atoms with van der Waals surface area (Å²) in [6.45, 7) is 0.0345. The van der Waals surface area contributed by atoms with Crippen molar-refractivity contribution < 1.29 is 22.7 Å². The van der Waals surface area contributed by atoms with Crippen molar-refractivity contribution in [2.75, 3.05) is 5.32 Å². The largest absolute Gasteiger partial charge is 0.444 e. The predicted molar refractivity (Wildman–Crippen MR) is 79.4 cm³/mol. The molecule has 0 saturated carbocycles. The van der Waals surface area contributed by atoms with Gasteiger partial charge < -0.3 is 4.74 Å². The first-order chi connectivity index (χ1) is 10.3. The van der Waals surface area contributed by atoms with Gasteiger partial charge in [0.15, 0.2) is 0 Å². The molecule has 2 rings (SSSR count). The minimum atomic E-state index is -4.49. The number of carbonyl (C=O) groups excluding carboxylic acids is 1. The number of hydrogen-bond donors (Lipinski definition) is 1. The van der Waals surface area contributed by atoms with Gasteiger partial charge >= 0.3 is 12.3 Å². The normalized spacial score (nSPS) is 11.1.